The Hall–Kier alpha value is -2.05. The Morgan fingerprint density at radius 1 is 1.12 bits per heavy atom. The van der Waals surface area contributed by atoms with Gasteiger partial charge in [0.25, 0.3) is 5.91 Å². The zero-order chi connectivity index (χ0) is 18.7. The third-order valence-electron chi connectivity index (χ3n) is 4.43. The molecule has 1 saturated heterocycles. The van der Waals surface area contributed by atoms with Gasteiger partial charge in [-0.15, -0.1) is 0 Å². The van der Waals surface area contributed by atoms with Gasteiger partial charge in [-0.05, 0) is 49.2 Å². The number of halogens is 4. The second-order valence-electron chi connectivity index (χ2n) is 6.39. The van der Waals surface area contributed by atoms with Crippen LogP contribution in [0.25, 0.3) is 0 Å². The number of carbonyl (C=O) groups excluding carboxylic acids is 1. The van der Waals surface area contributed by atoms with E-state index in [0.717, 1.165) is 24.6 Å². The van der Waals surface area contributed by atoms with Gasteiger partial charge < -0.3 is 5.32 Å². The first-order chi connectivity index (χ1) is 12.4. The zero-order valence-corrected chi connectivity index (χ0v) is 14.7. The summed E-state index contributed by atoms with van der Waals surface area (Å²) >= 11 is 5.88. The number of nitrogens with zero attached hydrogens (tertiary/aromatic N) is 1. The van der Waals surface area contributed by atoms with Crippen molar-refractivity contribution in [3.63, 3.8) is 0 Å². The van der Waals surface area contributed by atoms with Gasteiger partial charge in [0.1, 0.15) is 11.4 Å². The van der Waals surface area contributed by atoms with Gasteiger partial charge in [-0.2, -0.15) is 0 Å². The van der Waals surface area contributed by atoms with Crippen molar-refractivity contribution in [2.45, 2.75) is 25.4 Å². The number of hydrogen-bond donors (Lipinski definition) is 1. The van der Waals surface area contributed by atoms with E-state index in [9.17, 15) is 18.0 Å². The lowest BCUT2D eigenvalue weighted by Gasteiger charge is -2.33. The van der Waals surface area contributed by atoms with Crippen molar-refractivity contribution in [2.24, 2.45) is 0 Å². The molecule has 1 heterocycles. The zero-order valence-electron chi connectivity index (χ0n) is 13.9. The van der Waals surface area contributed by atoms with E-state index in [1.165, 1.54) is 0 Å². The third-order valence-corrected chi connectivity index (χ3v) is 4.68. The van der Waals surface area contributed by atoms with Crippen molar-refractivity contribution >= 4 is 17.5 Å². The Bertz CT molecular complexity index is 798. The summed E-state index contributed by atoms with van der Waals surface area (Å²) in [6.07, 6.45) is 1.54. The summed E-state index contributed by atoms with van der Waals surface area (Å²) in [4.78, 5) is 14.4. The molecule has 0 radical (unpaired) electrons. The summed E-state index contributed by atoms with van der Waals surface area (Å²) < 4.78 is 40.8. The van der Waals surface area contributed by atoms with Crippen LogP contribution in [0.1, 0.15) is 28.8 Å². The highest BCUT2D eigenvalue weighted by atomic mass is 35.5. The van der Waals surface area contributed by atoms with Crippen LogP contribution in [0.15, 0.2) is 36.4 Å². The van der Waals surface area contributed by atoms with Crippen molar-refractivity contribution in [2.75, 3.05) is 13.1 Å². The van der Waals surface area contributed by atoms with Crippen molar-refractivity contribution < 1.29 is 18.0 Å². The smallest absolute Gasteiger partial charge is 0.257 e. The normalized spacial score (nSPS) is 17.9. The number of hydrogen-bond acceptors (Lipinski definition) is 2. The molecule has 1 aliphatic rings. The van der Waals surface area contributed by atoms with E-state index < -0.39 is 28.9 Å². The van der Waals surface area contributed by atoms with Crippen LogP contribution < -0.4 is 5.32 Å². The van der Waals surface area contributed by atoms with Crippen LogP contribution in [-0.2, 0) is 6.54 Å². The van der Waals surface area contributed by atoms with Crippen LogP contribution in [0.4, 0.5) is 13.2 Å². The highest BCUT2D eigenvalue weighted by Gasteiger charge is 2.26. The molecule has 1 fully saturated rings. The summed E-state index contributed by atoms with van der Waals surface area (Å²) in [5, 5.41) is 3.28. The SMILES string of the molecule is O=C(N[C@@H]1CCCN(Cc2ccc(Cl)cc2)C1)c1c(F)ccc(F)c1F. The number of carbonyl (C=O) groups is 1. The minimum Gasteiger partial charge on any atom is -0.348 e. The number of amides is 1. The highest BCUT2D eigenvalue weighted by molar-refractivity contribution is 6.30. The Kier molecular flexibility index (Phi) is 5.84. The van der Waals surface area contributed by atoms with Crippen LogP contribution in [0.3, 0.4) is 0 Å². The van der Waals surface area contributed by atoms with E-state index in [1.54, 1.807) is 0 Å². The molecular weight excluding hydrogens is 365 g/mol. The monoisotopic (exact) mass is 382 g/mol. The summed E-state index contributed by atoms with van der Waals surface area (Å²) in [5.74, 6) is -4.71. The molecule has 26 heavy (non-hydrogen) atoms. The molecule has 0 aliphatic carbocycles. The molecule has 3 nitrogen and oxygen atoms in total. The fourth-order valence-electron chi connectivity index (χ4n) is 3.16. The van der Waals surface area contributed by atoms with Crippen molar-refractivity contribution in [3.05, 3.63) is 70.0 Å². The van der Waals surface area contributed by atoms with Gasteiger partial charge in [0.15, 0.2) is 11.6 Å². The maximum absolute atomic E-state index is 13.8. The fraction of sp³-hybridized carbons (Fsp3) is 0.316. The standard InChI is InChI=1S/C19H18ClF3N2O/c20-13-5-3-12(4-6-13)10-25-9-1-2-14(11-25)24-19(26)17-15(21)7-8-16(22)18(17)23/h3-8,14H,1-2,9-11H2,(H,24,26)/t14-/m1/s1. The van der Waals surface area contributed by atoms with Crippen molar-refractivity contribution in [1.29, 1.82) is 0 Å². The number of likely N-dealkylation sites (tertiary alicyclic amines) is 1. The predicted molar refractivity (Wildman–Crippen MR) is 93.5 cm³/mol. The summed E-state index contributed by atoms with van der Waals surface area (Å²) in [5.41, 5.74) is 0.212. The van der Waals surface area contributed by atoms with Crippen LogP contribution in [-0.4, -0.2) is 29.9 Å². The molecule has 0 spiro atoms. The molecule has 0 aromatic heterocycles. The van der Waals surface area contributed by atoms with Crippen LogP contribution in [0, 0.1) is 17.5 Å². The summed E-state index contributed by atoms with van der Waals surface area (Å²) in [6.45, 7) is 2.09. The predicted octanol–water partition coefficient (Wildman–Crippen LogP) is 4.15. The van der Waals surface area contributed by atoms with Crippen LogP contribution in [0.2, 0.25) is 5.02 Å². The second kappa shape index (κ2) is 8.10. The molecule has 1 aliphatic heterocycles. The molecule has 1 atom stereocenters. The fourth-order valence-corrected chi connectivity index (χ4v) is 3.28. The first kappa shape index (κ1) is 18.7. The highest BCUT2D eigenvalue weighted by Crippen LogP contribution is 2.19. The Morgan fingerprint density at radius 3 is 2.54 bits per heavy atom. The average Bonchev–Trinajstić information content (AvgIpc) is 2.61. The van der Waals surface area contributed by atoms with E-state index in [2.05, 4.69) is 10.2 Å². The van der Waals surface area contributed by atoms with Gasteiger partial charge in [0.2, 0.25) is 0 Å². The summed E-state index contributed by atoms with van der Waals surface area (Å²) in [6, 6.07) is 8.65. The Morgan fingerprint density at radius 2 is 1.81 bits per heavy atom. The minimum atomic E-state index is -1.46. The molecule has 3 rings (SSSR count). The van der Waals surface area contributed by atoms with Gasteiger partial charge in [-0.1, -0.05) is 23.7 Å². The van der Waals surface area contributed by atoms with Crippen molar-refractivity contribution in [3.8, 4) is 0 Å². The van der Waals surface area contributed by atoms with Crippen molar-refractivity contribution in [1.82, 2.24) is 10.2 Å². The molecule has 0 bridgehead atoms. The molecule has 138 valence electrons. The molecule has 0 unspecified atom stereocenters. The number of nitrogens with one attached hydrogen (secondary N) is 1. The van der Waals surface area contributed by atoms with E-state index in [0.29, 0.717) is 30.6 Å². The van der Waals surface area contributed by atoms with E-state index in [4.69, 9.17) is 11.6 Å². The second-order valence-corrected chi connectivity index (χ2v) is 6.83. The lowest BCUT2D eigenvalue weighted by Crippen LogP contribution is -2.47. The molecule has 2 aromatic carbocycles. The molecule has 0 saturated carbocycles. The first-order valence-electron chi connectivity index (χ1n) is 8.35. The molecule has 1 N–H and O–H groups in total. The Labute approximate surface area is 154 Å². The van der Waals surface area contributed by atoms with Gasteiger partial charge in [-0.3, -0.25) is 9.69 Å². The average molecular weight is 383 g/mol. The third kappa shape index (κ3) is 4.37. The van der Waals surface area contributed by atoms with Gasteiger partial charge in [-0.25, -0.2) is 13.2 Å². The van der Waals surface area contributed by atoms with E-state index >= 15 is 0 Å². The maximum atomic E-state index is 13.8. The van der Waals surface area contributed by atoms with Gasteiger partial charge >= 0.3 is 0 Å². The lowest BCUT2D eigenvalue weighted by atomic mass is 10.0. The number of piperidine rings is 1. The molecule has 2 aromatic rings. The minimum absolute atomic E-state index is 0.259. The Balaban J connectivity index is 1.64. The van der Waals surface area contributed by atoms with Crippen LogP contribution >= 0.6 is 11.6 Å². The molecule has 1 amide bonds. The van der Waals surface area contributed by atoms with E-state index in [1.807, 2.05) is 24.3 Å². The number of benzene rings is 2. The largest absolute Gasteiger partial charge is 0.348 e. The van der Waals surface area contributed by atoms with Gasteiger partial charge in [0, 0.05) is 24.2 Å². The molecular formula is C19H18ClF3N2O. The topological polar surface area (TPSA) is 32.3 Å². The molecule has 7 heteroatoms. The van der Waals surface area contributed by atoms with Gasteiger partial charge in [0.05, 0.1) is 0 Å². The quantitative estimate of drug-likeness (QED) is 0.806. The van der Waals surface area contributed by atoms with Crippen LogP contribution in [0.5, 0.6) is 0 Å². The summed E-state index contributed by atoms with van der Waals surface area (Å²) in [7, 11) is 0. The number of rotatable bonds is 4. The maximum Gasteiger partial charge on any atom is 0.257 e. The lowest BCUT2D eigenvalue weighted by molar-refractivity contribution is 0.0891. The first-order valence-corrected chi connectivity index (χ1v) is 8.73. The van der Waals surface area contributed by atoms with E-state index in [-0.39, 0.29) is 6.04 Å².